The highest BCUT2D eigenvalue weighted by Gasteiger charge is 2.40. The topological polar surface area (TPSA) is 55.6 Å². The second-order valence-electron chi connectivity index (χ2n) is 5.20. The van der Waals surface area contributed by atoms with Gasteiger partial charge in [-0.1, -0.05) is 24.3 Å². The van der Waals surface area contributed by atoms with Crippen molar-refractivity contribution >= 4 is 18.3 Å². The van der Waals surface area contributed by atoms with Gasteiger partial charge in [-0.2, -0.15) is 0 Å². The van der Waals surface area contributed by atoms with Crippen LogP contribution in [0.5, 0.6) is 0 Å². The van der Waals surface area contributed by atoms with Crippen molar-refractivity contribution in [3.63, 3.8) is 0 Å². The van der Waals surface area contributed by atoms with Gasteiger partial charge in [-0.3, -0.25) is 4.79 Å². The van der Waals surface area contributed by atoms with Gasteiger partial charge in [0, 0.05) is 26.3 Å². The molecule has 2 heterocycles. The predicted octanol–water partition coefficient (Wildman–Crippen LogP) is 1.46. The minimum Gasteiger partial charge on any atom is -0.381 e. The standard InChI is InChI=1S/C14H18N2O2.ClH/c15-14(5-7-18-8-6-14)13(17)16-9-11-3-1-2-4-12(11)10-16;/h1-4H,5-10,15H2;1H. The van der Waals surface area contributed by atoms with Gasteiger partial charge in [0.2, 0.25) is 5.91 Å². The van der Waals surface area contributed by atoms with E-state index < -0.39 is 5.54 Å². The largest absolute Gasteiger partial charge is 0.381 e. The summed E-state index contributed by atoms with van der Waals surface area (Å²) in [7, 11) is 0. The quantitative estimate of drug-likeness (QED) is 0.848. The fourth-order valence-corrected chi connectivity index (χ4v) is 2.74. The summed E-state index contributed by atoms with van der Waals surface area (Å²) in [5.74, 6) is 0.0713. The maximum Gasteiger partial charge on any atom is 0.243 e. The fraction of sp³-hybridized carbons (Fsp3) is 0.500. The van der Waals surface area contributed by atoms with Gasteiger partial charge in [-0.15, -0.1) is 12.4 Å². The second-order valence-corrected chi connectivity index (χ2v) is 5.20. The summed E-state index contributed by atoms with van der Waals surface area (Å²) in [6, 6.07) is 8.19. The predicted molar refractivity (Wildman–Crippen MR) is 74.9 cm³/mol. The Hall–Kier alpha value is -1.10. The number of nitrogens with two attached hydrogens (primary N) is 1. The van der Waals surface area contributed by atoms with Gasteiger partial charge in [0.15, 0.2) is 0 Å². The number of nitrogens with zero attached hydrogens (tertiary/aromatic N) is 1. The summed E-state index contributed by atoms with van der Waals surface area (Å²) in [5.41, 5.74) is 8.00. The van der Waals surface area contributed by atoms with Crippen LogP contribution < -0.4 is 5.73 Å². The van der Waals surface area contributed by atoms with Gasteiger partial charge >= 0.3 is 0 Å². The average Bonchev–Trinajstić information content (AvgIpc) is 2.82. The van der Waals surface area contributed by atoms with E-state index in [1.54, 1.807) is 0 Å². The number of rotatable bonds is 1. The van der Waals surface area contributed by atoms with Crippen LogP contribution in [-0.2, 0) is 22.6 Å². The summed E-state index contributed by atoms with van der Waals surface area (Å²) in [5, 5.41) is 0. The summed E-state index contributed by atoms with van der Waals surface area (Å²) >= 11 is 0. The van der Waals surface area contributed by atoms with Crippen LogP contribution in [0.2, 0.25) is 0 Å². The zero-order valence-corrected chi connectivity index (χ0v) is 11.6. The maximum atomic E-state index is 12.5. The van der Waals surface area contributed by atoms with Crippen molar-refractivity contribution in [1.82, 2.24) is 4.90 Å². The molecule has 4 nitrogen and oxygen atoms in total. The monoisotopic (exact) mass is 282 g/mol. The molecule has 104 valence electrons. The number of halogens is 1. The van der Waals surface area contributed by atoms with E-state index in [0.717, 1.165) is 0 Å². The van der Waals surface area contributed by atoms with Crippen LogP contribution in [-0.4, -0.2) is 29.6 Å². The molecule has 0 saturated carbocycles. The molecule has 0 unspecified atom stereocenters. The Morgan fingerprint density at radius 1 is 1.16 bits per heavy atom. The Kier molecular flexibility index (Phi) is 4.13. The molecule has 1 aromatic carbocycles. The average molecular weight is 283 g/mol. The molecule has 0 aliphatic carbocycles. The molecular weight excluding hydrogens is 264 g/mol. The number of amides is 1. The molecule has 0 atom stereocenters. The first-order chi connectivity index (χ1) is 8.69. The fourth-order valence-electron chi connectivity index (χ4n) is 2.74. The van der Waals surface area contributed by atoms with E-state index in [1.165, 1.54) is 11.1 Å². The third-order valence-corrected chi connectivity index (χ3v) is 3.94. The molecule has 2 aliphatic heterocycles. The Morgan fingerprint density at radius 2 is 1.68 bits per heavy atom. The van der Waals surface area contributed by atoms with Crippen LogP contribution in [0.3, 0.4) is 0 Å². The van der Waals surface area contributed by atoms with Gasteiger partial charge < -0.3 is 15.4 Å². The van der Waals surface area contributed by atoms with E-state index in [2.05, 4.69) is 12.1 Å². The number of hydrogen-bond donors (Lipinski definition) is 1. The number of benzene rings is 1. The lowest BCUT2D eigenvalue weighted by molar-refractivity contribution is -0.141. The summed E-state index contributed by atoms with van der Waals surface area (Å²) in [4.78, 5) is 14.4. The number of carbonyl (C=O) groups is 1. The van der Waals surface area contributed by atoms with Crippen LogP contribution in [0, 0.1) is 0 Å². The molecule has 0 bridgehead atoms. The number of carbonyl (C=O) groups excluding carboxylic acids is 1. The van der Waals surface area contributed by atoms with Crippen LogP contribution >= 0.6 is 12.4 Å². The minimum absolute atomic E-state index is 0. The second kappa shape index (κ2) is 5.49. The molecule has 0 radical (unpaired) electrons. The van der Waals surface area contributed by atoms with E-state index in [9.17, 15) is 4.79 Å². The van der Waals surface area contributed by atoms with Crippen molar-refractivity contribution in [2.75, 3.05) is 13.2 Å². The first-order valence-corrected chi connectivity index (χ1v) is 6.42. The lowest BCUT2D eigenvalue weighted by atomic mass is 9.90. The highest BCUT2D eigenvalue weighted by Crippen LogP contribution is 2.27. The van der Waals surface area contributed by atoms with Crippen LogP contribution in [0.1, 0.15) is 24.0 Å². The zero-order chi connectivity index (χ0) is 12.6. The van der Waals surface area contributed by atoms with Gasteiger partial charge in [-0.05, 0) is 24.0 Å². The Balaban J connectivity index is 0.00000133. The lowest BCUT2D eigenvalue weighted by Crippen LogP contribution is -2.56. The van der Waals surface area contributed by atoms with Gasteiger partial charge in [0.1, 0.15) is 0 Å². The first-order valence-electron chi connectivity index (χ1n) is 6.42. The van der Waals surface area contributed by atoms with E-state index in [4.69, 9.17) is 10.5 Å². The molecule has 19 heavy (non-hydrogen) atoms. The van der Waals surface area contributed by atoms with Crippen molar-refractivity contribution in [3.8, 4) is 0 Å². The SMILES string of the molecule is Cl.NC1(C(=O)N2Cc3ccccc3C2)CCOCC1. The minimum atomic E-state index is -0.722. The summed E-state index contributed by atoms with van der Waals surface area (Å²) < 4.78 is 5.29. The van der Waals surface area contributed by atoms with Gasteiger partial charge in [0.25, 0.3) is 0 Å². The third-order valence-electron chi connectivity index (χ3n) is 3.94. The Labute approximate surface area is 119 Å². The maximum absolute atomic E-state index is 12.5. The molecule has 3 rings (SSSR count). The van der Waals surface area contributed by atoms with Crippen molar-refractivity contribution in [1.29, 1.82) is 0 Å². The number of fused-ring (bicyclic) bond motifs is 1. The number of ether oxygens (including phenoxy) is 1. The van der Waals surface area contributed by atoms with Crippen molar-refractivity contribution < 1.29 is 9.53 Å². The van der Waals surface area contributed by atoms with Crippen LogP contribution in [0.15, 0.2) is 24.3 Å². The van der Waals surface area contributed by atoms with Gasteiger partial charge in [-0.25, -0.2) is 0 Å². The molecule has 2 N–H and O–H groups in total. The Bertz CT molecular complexity index is 447. The third kappa shape index (κ3) is 2.61. The van der Waals surface area contributed by atoms with Crippen molar-refractivity contribution in [2.24, 2.45) is 5.73 Å². The molecule has 2 aliphatic rings. The highest BCUT2D eigenvalue weighted by molar-refractivity contribution is 5.86. The molecule has 1 saturated heterocycles. The van der Waals surface area contributed by atoms with Crippen LogP contribution in [0.4, 0.5) is 0 Å². The van der Waals surface area contributed by atoms with Crippen molar-refractivity contribution in [2.45, 2.75) is 31.5 Å². The number of hydrogen-bond acceptors (Lipinski definition) is 3. The van der Waals surface area contributed by atoms with Crippen LogP contribution in [0.25, 0.3) is 0 Å². The van der Waals surface area contributed by atoms with E-state index >= 15 is 0 Å². The van der Waals surface area contributed by atoms with E-state index in [1.807, 2.05) is 17.0 Å². The summed E-state index contributed by atoms with van der Waals surface area (Å²) in [6.07, 6.45) is 1.25. The summed E-state index contributed by atoms with van der Waals surface area (Å²) in [6.45, 7) is 2.55. The molecule has 1 aromatic rings. The smallest absolute Gasteiger partial charge is 0.243 e. The molecule has 0 aromatic heterocycles. The normalized spacial score (nSPS) is 20.6. The molecular formula is C14H19ClN2O2. The molecule has 1 fully saturated rings. The Morgan fingerprint density at radius 3 is 2.21 bits per heavy atom. The molecule has 0 spiro atoms. The van der Waals surface area contributed by atoms with E-state index in [-0.39, 0.29) is 18.3 Å². The highest BCUT2D eigenvalue weighted by atomic mass is 35.5. The van der Waals surface area contributed by atoms with Crippen molar-refractivity contribution in [3.05, 3.63) is 35.4 Å². The molecule has 5 heteroatoms. The molecule has 1 amide bonds. The lowest BCUT2D eigenvalue weighted by Gasteiger charge is -2.35. The zero-order valence-electron chi connectivity index (χ0n) is 10.8. The van der Waals surface area contributed by atoms with Gasteiger partial charge in [0.05, 0.1) is 5.54 Å². The van der Waals surface area contributed by atoms with E-state index in [0.29, 0.717) is 39.1 Å². The first kappa shape index (κ1) is 14.3.